The number of nitrogens with zero attached hydrogens (tertiary/aromatic N) is 1. The zero-order valence-corrected chi connectivity index (χ0v) is 13.7. The lowest BCUT2D eigenvalue weighted by Crippen LogP contribution is -2.40. The summed E-state index contributed by atoms with van der Waals surface area (Å²) < 4.78 is 6.32. The quantitative estimate of drug-likeness (QED) is 0.834. The van der Waals surface area contributed by atoms with Crippen LogP contribution in [0, 0.1) is 0 Å². The summed E-state index contributed by atoms with van der Waals surface area (Å²) in [6, 6.07) is 8.94. The minimum atomic E-state index is -0.0515. The maximum absolute atomic E-state index is 6.32. The summed E-state index contributed by atoms with van der Waals surface area (Å²) in [4.78, 5) is 2.63. The predicted octanol–water partition coefficient (Wildman–Crippen LogP) is 4.05. The van der Waals surface area contributed by atoms with Crippen LogP contribution in [-0.2, 0) is 11.2 Å². The van der Waals surface area contributed by atoms with Crippen LogP contribution in [0.15, 0.2) is 29.8 Å². The molecule has 2 nitrogen and oxygen atoms in total. The molecule has 1 saturated heterocycles. The molecule has 2 heteroatoms. The van der Waals surface area contributed by atoms with Crippen molar-refractivity contribution in [2.75, 3.05) is 26.2 Å². The largest absolute Gasteiger partial charge is 0.371 e. The van der Waals surface area contributed by atoms with E-state index in [1.807, 2.05) is 0 Å². The van der Waals surface area contributed by atoms with Crippen molar-refractivity contribution in [3.63, 3.8) is 0 Å². The van der Waals surface area contributed by atoms with Crippen LogP contribution in [0.25, 0.3) is 5.57 Å². The molecule has 1 unspecified atom stereocenters. The number of fused-ring (bicyclic) bond motifs is 2. The third-order valence-electron chi connectivity index (χ3n) is 5.84. The minimum Gasteiger partial charge on any atom is -0.371 e. The molecule has 0 spiro atoms. The molecule has 0 saturated carbocycles. The predicted molar refractivity (Wildman–Crippen MR) is 90.9 cm³/mol. The zero-order chi connectivity index (χ0) is 15.0. The van der Waals surface area contributed by atoms with Gasteiger partial charge in [-0.1, -0.05) is 30.7 Å². The van der Waals surface area contributed by atoms with Crippen molar-refractivity contribution in [1.82, 2.24) is 4.90 Å². The first kappa shape index (κ1) is 14.5. The molecule has 0 amide bonds. The highest BCUT2D eigenvalue weighted by atomic mass is 16.5. The lowest BCUT2D eigenvalue weighted by Gasteiger charge is -2.38. The van der Waals surface area contributed by atoms with E-state index in [0.717, 1.165) is 25.9 Å². The highest BCUT2D eigenvalue weighted by Crippen LogP contribution is 2.45. The first-order chi connectivity index (χ1) is 10.8. The molecule has 118 valence electrons. The van der Waals surface area contributed by atoms with E-state index in [2.05, 4.69) is 36.1 Å². The van der Waals surface area contributed by atoms with E-state index < -0.39 is 0 Å². The second kappa shape index (κ2) is 5.82. The van der Waals surface area contributed by atoms with Gasteiger partial charge in [0.1, 0.15) is 0 Å². The Hall–Kier alpha value is -1.12. The maximum atomic E-state index is 6.32. The number of rotatable bonds is 3. The lowest BCUT2D eigenvalue weighted by molar-refractivity contribution is -0.0212. The van der Waals surface area contributed by atoms with Gasteiger partial charge in [0, 0.05) is 6.54 Å². The first-order valence-corrected chi connectivity index (χ1v) is 8.93. The van der Waals surface area contributed by atoms with E-state index in [1.165, 1.54) is 50.0 Å². The Balaban J connectivity index is 1.53. The van der Waals surface area contributed by atoms with Crippen LogP contribution in [0.3, 0.4) is 0 Å². The fourth-order valence-corrected chi connectivity index (χ4v) is 4.46. The Morgan fingerprint density at radius 1 is 1.14 bits per heavy atom. The van der Waals surface area contributed by atoms with Gasteiger partial charge in [-0.3, -0.25) is 0 Å². The molecule has 1 aromatic carbocycles. The molecule has 4 rings (SSSR count). The van der Waals surface area contributed by atoms with Crippen molar-refractivity contribution in [2.24, 2.45) is 0 Å². The number of benzene rings is 1. The summed E-state index contributed by atoms with van der Waals surface area (Å²) in [6.45, 7) is 6.95. The van der Waals surface area contributed by atoms with Crippen LogP contribution in [0.2, 0.25) is 0 Å². The van der Waals surface area contributed by atoms with E-state index in [9.17, 15) is 0 Å². The Kier molecular flexibility index (Phi) is 3.83. The van der Waals surface area contributed by atoms with Gasteiger partial charge in [-0.2, -0.15) is 0 Å². The van der Waals surface area contributed by atoms with E-state index in [4.69, 9.17) is 4.74 Å². The molecular weight excluding hydrogens is 270 g/mol. The Bertz CT molecular complexity index is 585. The SMILES string of the molecule is CC1(CCN2CCCCC2)OCCC2=C1Cc1ccccc12. The van der Waals surface area contributed by atoms with Crippen LogP contribution >= 0.6 is 0 Å². The zero-order valence-electron chi connectivity index (χ0n) is 13.7. The minimum absolute atomic E-state index is 0.0515. The second-order valence-electron chi connectivity index (χ2n) is 7.27. The average molecular weight is 297 g/mol. The van der Waals surface area contributed by atoms with E-state index >= 15 is 0 Å². The number of likely N-dealkylation sites (tertiary alicyclic amines) is 1. The molecule has 22 heavy (non-hydrogen) atoms. The van der Waals surface area contributed by atoms with Crippen LogP contribution in [0.5, 0.6) is 0 Å². The molecule has 0 aromatic heterocycles. The van der Waals surface area contributed by atoms with Crippen molar-refractivity contribution in [3.05, 3.63) is 41.0 Å². The normalized spacial score (nSPS) is 28.6. The van der Waals surface area contributed by atoms with Crippen LogP contribution in [0.1, 0.15) is 50.2 Å². The van der Waals surface area contributed by atoms with Gasteiger partial charge in [0.25, 0.3) is 0 Å². The van der Waals surface area contributed by atoms with E-state index in [-0.39, 0.29) is 5.60 Å². The van der Waals surface area contributed by atoms with Gasteiger partial charge in [0.05, 0.1) is 12.2 Å². The maximum Gasteiger partial charge on any atom is 0.0884 e. The number of ether oxygens (including phenoxy) is 1. The van der Waals surface area contributed by atoms with Gasteiger partial charge in [0.2, 0.25) is 0 Å². The summed E-state index contributed by atoms with van der Waals surface area (Å²) in [5.74, 6) is 0. The Labute approximate surface area is 134 Å². The van der Waals surface area contributed by atoms with Gasteiger partial charge in [0.15, 0.2) is 0 Å². The standard InChI is InChI=1S/C20H27NO/c1-20(10-13-21-11-5-2-6-12-21)19-15-16-7-3-4-8-17(16)18(19)9-14-22-20/h3-4,7-8H,2,5-6,9-15H2,1H3. The van der Waals surface area contributed by atoms with Gasteiger partial charge in [-0.05, 0) is 74.4 Å². The summed E-state index contributed by atoms with van der Waals surface area (Å²) in [7, 11) is 0. The van der Waals surface area contributed by atoms with E-state index in [0.29, 0.717) is 0 Å². The molecular formula is C20H27NO. The van der Waals surface area contributed by atoms with Crippen molar-refractivity contribution in [3.8, 4) is 0 Å². The Morgan fingerprint density at radius 3 is 2.82 bits per heavy atom. The van der Waals surface area contributed by atoms with Crippen molar-refractivity contribution in [2.45, 2.75) is 51.0 Å². The molecule has 2 heterocycles. The summed E-state index contributed by atoms with van der Waals surface area (Å²) in [6.07, 6.45) is 7.48. The average Bonchev–Trinajstić information content (AvgIpc) is 2.95. The van der Waals surface area contributed by atoms with Gasteiger partial charge in [-0.25, -0.2) is 0 Å². The highest BCUT2D eigenvalue weighted by molar-refractivity contribution is 5.78. The van der Waals surface area contributed by atoms with Gasteiger partial charge < -0.3 is 9.64 Å². The fraction of sp³-hybridized carbons (Fsp3) is 0.600. The number of hydrogen-bond donors (Lipinski definition) is 0. The molecule has 0 radical (unpaired) electrons. The smallest absolute Gasteiger partial charge is 0.0884 e. The summed E-state index contributed by atoms with van der Waals surface area (Å²) in [5.41, 5.74) is 6.09. The summed E-state index contributed by atoms with van der Waals surface area (Å²) >= 11 is 0. The van der Waals surface area contributed by atoms with Gasteiger partial charge in [-0.15, -0.1) is 0 Å². The first-order valence-electron chi connectivity index (χ1n) is 8.93. The second-order valence-corrected chi connectivity index (χ2v) is 7.27. The number of hydrogen-bond acceptors (Lipinski definition) is 2. The molecule has 2 aliphatic heterocycles. The molecule has 1 atom stereocenters. The number of piperidine rings is 1. The van der Waals surface area contributed by atoms with E-state index in [1.54, 1.807) is 11.1 Å². The monoisotopic (exact) mass is 297 g/mol. The van der Waals surface area contributed by atoms with Crippen LogP contribution in [0.4, 0.5) is 0 Å². The lowest BCUT2D eigenvalue weighted by atomic mass is 9.85. The summed E-state index contributed by atoms with van der Waals surface area (Å²) in [5, 5.41) is 0. The molecule has 3 aliphatic rings. The Morgan fingerprint density at radius 2 is 1.95 bits per heavy atom. The molecule has 0 bridgehead atoms. The molecule has 1 fully saturated rings. The highest BCUT2D eigenvalue weighted by Gasteiger charge is 2.39. The molecule has 0 N–H and O–H groups in total. The third kappa shape index (κ3) is 2.53. The van der Waals surface area contributed by atoms with Crippen LogP contribution < -0.4 is 0 Å². The van der Waals surface area contributed by atoms with Crippen LogP contribution in [-0.4, -0.2) is 36.7 Å². The topological polar surface area (TPSA) is 12.5 Å². The van der Waals surface area contributed by atoms with Crippen molar-refractivity contribution in [1.29, 1.82) is 0 Å². The fourth-order valence-electron chi connectivity index (χ4n) is 4.46. The van der Waals surface area contributed by atoms with Crippen molar-refractivity contribution < 1.29 is 4.74 Å². The third-order valence-corrected chi connectivity index (χ3v) is 5.84. The van der Waals surface area contributed by atoms with Crippen molar-refractivity contribution >= 4 is 5.57 Å². The molecule has 1 aromatic rings. The van der Waals surface area contributed by atoms with Gasteiger partial charge >= 0.3 is 0 Å². The molecule has 1 aliphatic carbocycles.